The summed E-state index contributed by atoms with van der Waals surface area (Å²) in [4.78, 5) is 36.0. The number of morpholine rings is 1. The molecule has 0 spiro atoms. The third-order valence-corrected chi connectivity index (χ3v) is 3.95. The number of carbonyl (C=O) groups excluding carboxylic acids is 2. The first kappa shape index (κ1) is 15.0. The molecule has 22 heavy (non-hydrogen) atoms. The molecule has 0 aromatic carbocycles. The van der Waals surface area contributed by atoms with E-state index < -0.39 is 11.9 Å². The van der Waals surface area contributed by atoms with Crippen molar-refractivity contribution in [3.8, 4) is 0 Å². The van der Waals surface area contributed by atoms with Gasteiger partial charge in [0.2, 0.25) is 11.5 Å². The summed E-state index contributed by atoms with van der Waals surface area (Å²) in [5.41, 5.74) is 0.244. The summed E-state index contributed by atoms with van der Waals surface area (Å²) in [5.74, 6) is 0.507. The van der Waals surface area contributed by atoms with Crippen molar-refractivity contribution in [2.24, 2.45) is 9.98 Å². The van der Waals surface area contributed by atoms with Gasteiger partial charge in [0, 0.05) is 13.1 Å². The maximum Gasteiger partial charge on any atom is 0.446 e. The van der Waals surface area contributed by atoms with Crippen molar-refractivity contribution in [1.29, 1.82) is 0 Å². The largest absolute Gasteiger partial charge is 0.446 e. The number of carbonyl (C=O) groups is 2. The maximum atomic E-state index is 12.1. The van der Waals surface area contributed by atoms with E-state index in [1.54, 1.807) is 7.05 Å². The van der Waals surface area contributed by atoms with Crippen molar-refractivity contribution in [3.05, 3.63) is 0 Å². The predicted octanol–water partition coefficient (Wildman–Crippen LogP) is -0.418. The van der Waals surface area contributed by atoms with Crippen LogP contribution < -0.4 is 0 Å². The number of ether oxygens (including phenoxy) is 1. The molecule has 1 fully saturated rings. The highest BCUT2D eigenvalue weighted by Crippen LogP contribution is 2.14. The van der Waals surface area contributed by atoms with Crippen molar-refractivity contribution < 1.29 is 18.9 Å². The van der Waals surface area contributed by atoms with E-state index in [0.29, 0.717) is 18.2 Å². The standard InChI is InChI=1S/C14H20N5O3/c1-8-5-19(6-9(2)22-8)7-10-15-11-12(16-10)17(3)14(21)18(4)13(11)20/h8-9H,5-7H2,1-4H3/q+1. The van der Waals surface area contributed by atoms with Gasteiger partial charge in [-0.2, -0.15) is 9.48 Å². The first-order chi connectivity index (χ1) is 10.4. The number of hydrogen-bond donors (Lipinski definition) is 0. The molecule has 3 aliphatic rings. The third-order valence-electron chi connectivity index (χ3n) is 3.95. The molecule has 1 saturated heterocycles. The molecule has 0 aromatic heterocycles. The Balaban J connectivity index is 1.82. The van der Waals surface area contributed by atoms with Gasteiger partial charge in [0.25, 0.3) is 0 Å². The SMILES string of the molecule is CC1CN(CC2=NC3=[N+](C)C(=O)N(C)C(=O)C3=N2)CC(C)O1. The van der Waals surface area contributed by atoms with Gasteiger partial charge in [0.15, 0.2) is 0 Å². The van der Waals surface area contributed by atoms with Gasteiger partial charge < -0.3 is 4.74 Å². The van der Waals surface area contributed by atoms with Gasteiger partial charge in [-0.3, -0.25) is 4.90 Å². The zero-order valence-corrected chi connectivity index (χ0v) is 13.2. The molecule has 0 aliphatic carbocycles. The maximum absolute atomic E-state index is 12.1. The van der Waals surface area contributed by atoms with Crippen LogP contribution in [0.25, 0.3) is 0 Å². The summed E-state index contributed by atoms with van der Waals surface area (Å²) in [6, 6.07) is -0.391. The number of amidine groups is 2. The summed E-state index contributed by atoms with van der Waals surface area (Å²) < 4.78 is 7.06. The quantitative estimate of drug-likeness (QED) is 0.649. The van der Waals surface area contributed by atoms with Gasteiger partial charge in [-0.15, -0.1) is 0 Å². The van der Waals surface area contributed by atoms with Crippen molar-refractivity contribution in [1.82, 2.24) is 9.80 Å². The molecule has 0 N–H and O–H groups in total. The Bertz CT molecular complexity index is 626. The Morgan fingerprint density at radius 2 is 1.86 bits per heavy atom. The molecule has 0 aromatic rings. The van der Waals surface area contributed by atoms with E-state index in [-0.39, 0.29) is 17.9 Å². The highest BCUT2D eigenvalue weighted by molar-refractivity contribution is 6.70. The lowest BCUT2D eigenvalue weighted by Gasteiger charge is -2.34. The van der Waals surface area contributed by atoms with E-state index >= 15 is 0 Å². The lowest BCUT2D eigenvalue weighted by atomic mass is 10.2. The Kier molecular flexibility index (Phi) is 3.65. The Morgan fingerprint density at radius 3 is 2.50 bits per heavy atom. The van der Waals surface area contributed by atoms with Crippen LogP contribution in [-0.2, 0) is 9.53 Å². The van der Waals surface area contributed by atoms with E-state index in [2.05, 4.69) is 14.9 Å². The van der Waals surface area contributed by atoms with Crippen LogP contribution in [0.2, 0.25) is 0 Å². The molecule has 2 unspecified atom stereocenters. The van der Waals surface area contributed by atoms with Crippen LogP contribution in [0.15, 0.2) is 9.98 Å². The fraction of sp³-hybridized carbons (Fsp3) is 0.643. The van der Waals surface area contributed by atoms with Crippen LogP contribution >= 0.6 is 0 Å². The van der Waals surface area contributed by atoms with Crippen molar-refractivity contribution in [2.45, 2.75) is 26.1 Å². The minimum atomic E-state index is -0.402. The second-order valence-electron chi connectivity index (χ2n) is 5.97. The monoisotopic (exact) mass is 306 g/mol. The lowest BCUT2D eigenvalue weighted by Crippen LogP contribution is -2.51. The van der Waals surface area contributed by atoms with Crippen molar-refractivity contribution >= 4 is 29.3 Å². The number of imide groups is 1. The zero-order chi connectivity index (χ0) is 16.0. The van der Waals surface area contributed by atoms with Crippen molar-refractivity contribution in [2.75, 3.05) is 33.7 Å². The number of fused-ring (bicyclic) bond motifs is 1. The molecule has 0 bridgehead atoms. The second-order valence-corrected chi connectivity index (χ2v) is 5.97. The summed E-state index contributed by atoms with van der Waals surface area (Å²) in [6.07, 6.45) is 0.315. The minimum Gasteiger partial charge on any atom is -0.373 e. The second kappa shape index (κ2) is 5.36. The Labute approximate surface area is 128 Å². The fourth-order valence-electron chi connectivity index (χ4n) is 3.00. The number of hydrogen-bond acceptors (Lipinski definition) is 6. The molecule has 3 amide bonds. The molecular formula is C14H20N5O3+. The average molecular weight is 306 g/mol. The normalized spacial score (nSPS) is 29.7. The first-order valence-corrected chi connectivity index (χ1v) is 7.34. The van der Waals surface area contributed by atoms with E-state index in [4.69, 9.17) is 4.74 Å². The van der Waals surface area contributed by atoms with Crippen LogP contribution in [-0.4, -0.2) is 89.6 Å². The van der Waals surface area contributed by atoms with Gasteiger partial charge in [-0.25, -0.2) is 14.6 Å². The molecule has 3 heterocycles. The molecule has 0 radical (unpaired) electrons. The lowest BCUT2D eigenvalue weighted by molar-refractivity contribution is -0.401. The molecule has 3 rings (SSSR count). The average Bonchev–Trinajstić information content (AvgIpc) is 2.85. The minimum absolute atomic E-state index is 0.158. The van der Waals surface area contributed by atoms with Crippen LogP contribution in [0.5, 0.6) is 0 Å². The van der Waals surface area contributed by atoms with Gasteiger partial charge in [0.1, 0.15) is 0 Å². The number of nitrogens with zero attached hydrogens (tertiary/aromatic N) is 5. The Morgan fingerprint density at radius 1 is 1.23 bits per heavy atom. The molecule has 0 saturated carbocycles. The van der Waals surface area contributed by atoms with Gasteiger partial charge in [-0.1, -0.05) is 4.99 Å². The van der Waals surface area contributed by atoms with Gasteiger partial charge in [-0.05, 0) is 13.8 Å². The molecule has 8 heteroatoms. The smallest absolute Gasteiger partial charge is 0.373 e. The van der Waals surface area contributed by atoms with Crippen LogP contribution in [0.1, 0.15) is 13.8 Å². The van der Waals surface area contributed by atoms with Crippen molar-refractivity contribution in [3.63, 3.8) is 0 Å². The fourth-order valence-corrected chi connectivity index (χ4v) is 3.00. The van der Waals surface area contributed by atoms with Crippen LogP contribution in [0, 0.1) is 0 Å². The van der Waals surface area contributed by atoms with Gasteiger partial charge in [0.05, 0.1) is 32.8 Å². The third kappa shape index (κ3) is 2.48. The topological polar surface area (TPSA) is 77.6 Å². The van der Waals surface area contributed by atoms with E-state index in [1.807, 2.05) is 13.8 Å². The number of rotatable bonds is 2. The molecular weight excluding hydrogens is 286 g/mol. The predicted molar refractivity (Wildman–Crippen MR) is 80.7 cm³/mol. The summed E-state index contributed by atoms with van der Waals surface area (Å²) in [6.45, 7) is 6.21. The summed E-state index contributed by atoms with van der Waals surface area (Å²) in [5, 5.41) is 0. The number of aliphatic imine (C=N–C) groups is 2. The van der Waals surface area contributed by atoms with Gasteiger partial charge >= 0.3 is 17.8 Å². The van der Waals surface area contributed by atoms with E-state index in [9.17, 15) is 9.59 Å². The number of amides is 3. The molecule has 118 valence electrons. The Hall–Kier alpha value is -1.93. The highest BCUT2D eigenvalue weighted by atomic mass is 16.5. The van der Waals surface area contributed by atoms with Crippen LogP contribution in [0.4, 0.5) is 4.79 Å². The van der Waals surface area contributed by atoms with E-state index in [0.717, 1.165) is 18.0 Å². The molecule has 8 nitrogen and oxygen atoms in total. The number of urea groups is 1. The molecule has 2 atom stereocenters. The first-order valence-electron chi connectivity index (χ1n) is 7.34. The highest BCUT2D eigenvalue weighted by Gasteiger charge is 2.44. The summed E-state index contributed by atoms with van der Waals surface area (Å²) >= 11 is 0. The zero-order valence-electron chi connectivity index (χ0n) is 13.2. The summed E-state index contributed by atoms with van der Waals surface area (Å²) in [7, 11) is 3.05. The molecule has 3 aliphatic heterocycles. The van der Waals surface area contributed by atoms with Crippen LogP contribution in [0.3, 0.4) is 0 Å². The van der Waals surface area contributed by atoms with E-state index in [1.165, 1.54) is 11.6 Å².